The quantitative estimate of drug-likeness (QED) is 0.676. The van der Waals surface area contributed by atoms with Gasteiger partial charge in [-0.05, 0) is 5.92 Å². The summed E-state index contributed by atoms with van der Waals surface area (Å²) in [5.74, 6) is 0.949. The lowest BCUT2D eigenvalue weighted by Gasteiger charge is -2.02. The molecule has 0 aromatic rings. The molecule has 0 aliphatic rings. The topological polar surface area (TPSA) is 29.1 Å². The van der Waals surface area contributed by atoms with Crippen LogP contribution in [0.2, 0.25) is 0 Å². The van der Waals surface area contributed by atoms with Gasteiger partial charge in [0.15, 0.2) is 0 Å². The number of amides is 1. The maximum absolute atomic E-state index is 9.06. The Morgan fingerprint density at radius 2 is 1.69 bits per heavy atom. The molecule has 0 rings (SSSR count). The van der Waals surface area contributed by atoms with Crippen molar-refractivity contribution in [1.29, 1.82) is 0 Å². The highest BCUT2D eigenvalue weighted by atomic mass is 16.1. The molecule has 0 spiro atoms. The normalized spacial score (nSPS) is 9.69. The molecule has 13 heavy (non-hydrogen) atoms. The summed E-state index contributed by atoms with van der Waals surface area (Å²) < 4.78 is 0. The van der Waals surface area contributed by atoms with E-state index in [0.717, 1.165) is 5.92 Å². The number of rotatable bonds is 4. The third kappa shape index (κ3) is 34.4. The molecule has 0 radical (unpaired) electrons. The molecule has 0 fully saturated rings. The van der Waals surface area contributed by atoms with E-state index in [9.17, 15) is 0 Å². The average Bonchev–Trinajstić information content (AvgIpc) is 2.21. The second-order valence-electron chi connectivity index (χ2n) is 2.71. The van der Waals surface area contributed by atoms with Gasteiger partial charge in [0.2, 0.25) is 6.41 Å². The molecule has 0 aliphatic heterocycles. The van der Waals surface area contributed by atoms with Gasteiger partial charge in [0.05, 0.1) is 0 Å². The van der Waals surface area contributed by atoms with Gasteiger partial charge < -0.3 is 5.32 Å². The van der Waals surface area contributed by atoms with Gasteiger partial charge >= 0.3 is 0 Å². The van der Waals surface area contributed by atoms with E-state index in [-0.39, 0.29) is 0 Å². The van der Waals surface area contributed by atoms with Crippen LogP contribution in [0.15, 0.2) is 0 Å². The predicted molar refractivity (Wildman–Crippen MR) is 60.8 cm³/mol. The molecule has 0 aromatic heterocycles. The van der Waals surface area contributed by atoms with Crippen molar-refractivity contribution in [2.24, 2.45) is 5.92 Å². The van der Waals surface area contributed by atoms with Crippen LogP contribution in [0.25, 0.3) is 0 Å². The molecule has 82 valence electrons. The summed E-state index contributed by atoms with van der Waals surface area (Å²) in [6.07, 6.45) is 4.71. The molecular weight excluding hydrogens is 162 g/mol. The fourth-order valence-corrected chi connectivity index (χ4v) is 0.697. The molecule has 1 atom stereocenters. The number of hydrogen-bond donors (Lipinski definition) is 1. The minimum absolute atomic E-state index is 0.625. The number of carbonyl (C=O) groups excluding carboxylic acids is 1. The van der Waals surface area contributed by atoms with Gasteiger partial charge in [-0.25, -0.2) is 0 Å². The van der Waals surface area contributed by atoms with Gasteiger partial charge in [-0.3, -0.25) is 4.79 Å². The van der Waals surface area contributed by atoms with Gasteiger partial charge in [-0.15, -0.1) is 0 Å². The molecule has 1 N–H and O–H groups in total. The van der Waals surface area contributed by atoms with Crippen LogP contribution >= 0.6 is 0 Å². The third-order valence-electron chi connectivity index (χ3n) is 1.60. The van der Waals surface area contributed by atoms with Crippen molar-refractivity contribution in [2.45, 2.75) is 53.9 Å². The van der Waals surface area contributed by atoms with E-state index >= 15 is 0 Å². The molecule has 0 saturated carbocycles. The Morgan fingerprint density at radius 3 is 1.77 bits per heavy atom. The maximum Gasteiger partial charge on any atom is 0.206 e. The molecule has 1 amide bonds. The van der Waals surface area contributed by atoms with Crippen LogP contribution in [-0.4, -0.2) is 13.5 Å². The molecule has 0 saturated heterocycles. The number of nitrogens with one attached hydrogen (secondary N) is 1. The predicted octanol–water partition coefficient (Wildman–Crippen LogP) is 3.22. The minimum Gasteiger partial charge on any atom is -0.362 e. The van der Waals surface area contributed by atoms with Crippen LogP contribution in [0.4, 0.5) is 0 Å². The van der Waals surface area contributed by atoms with Crippen LogP contribution in [0.5, 0.6) is 0 Å². The molecule has 0 aliphatic carbocycles. The van der Waals surface area contributed by atoms with Crippen molar-refractivity contribution in [3.63, 3.8) is 0 Å². The van der Waals surface area contributed by atoms with Gasteiger partial charge in [0.1, 0.15) is 0 Å². The van der Waals surface area contributed by atoms with E-state index in [1.165, 1.54) is 19.3 Å². The molecule has 0 bridgehead atoms. The van der Waals surface area contributed by atoms with E-state index in [1.54, 1.807) is 7.05 Å². The first-order valence-corrected chi connectivity index (χ1v) is 5.33. The van der Waals surface area contributed by atoms with E-state index < -0.39 is 0 Å². The SMILES string of the molecule is CC.CCCC(C)CC.CNC=O. The Bertz CT molecular complexity index is 74.5. The van der Waals surface area contributed by atoms with Gasteiger partial charge in [-0.2, -0.15) is 0 Å². The van der Waals surface area contributed by atoms with Crippen LogP contribution in [0, 0.1) is 5.92 Å². The lowest BCUT2D eigenvalue weighted by atomic mass is 10.0. The Balaban J connectivity index is -0.000000142. The summed E-state index contributed by atoms with van der Waals surface area (Å²) >= 11 is 0. The number of carbonyl (C=O) groups is 1. The Hall–Kier alpha value is -0.530. The first-order valence-electron chi connectivity index (χ1n) is 5.33. The summed E-state index contributed by atoms with van der Waals surface area (Å²) in [5, 5.41) is 2.25. The zero-order chi connectivity index (χ0) is 11.1. The molecule has 2 nitrogen and oxygen atoms in total. The second-order valence-corrected chi connectivity index (χ2v) is 2.71. The first kappa shape index (κ1) is 18.3. The second kappa shape index (κ2) is 22.5. The van der Waals surface area contributed by atoms with Crippen molar-refractivity contribution in [3.8, 4) is 0 Å². The van der Waals surface area contributed by atoms with Crippen LogP contribution in [0.3, 0.4) is 0 Å². The highest BCUT2D eigenvalue weighted by Crippen LogP contribution is 2.07. The maximum atomic E-state index is 9.06. The van der Waals surface area contributed by atoms with Crippen LogP contribution in [-0.2, 0) is 4.79 Å². The van der Waals surface area contributed by atoms with Crippen molar-refractivity contribution in [2.75, 3.05) is 7.05 Å². The largest absolute Gasteiger partial charge is 0.362 e. The van der Waals surface area contributed by atoms with Crippen molar-refractivity contribution < 1.29 is 4.79 Å². The van der Waals surface area contributed by atoms with E-state index in [2.05, 4.69) is 26.1 Å². The first-order chi connectivity index (χ1) is 6.22. The smallest absolute Gasteiger partial charge is 0.206 e. The Labute approximate surface area is 84.1 Å². The van der Waals surface area contributed by atoms with Gasteiger partial charge in [-0.1, -0.05) is 53.9 Å². The van der Waals surface area contributed by atoms with Gasteiger partial charge in [0.25, 0.3) is 0 Å². The molecule has 2 heteroatoms. The highest BCUT2D eigenvalue weighted by Gasteiger charge is 1.92. The highest BCUT2D eigenvalue weighted by molar-refractivity contribution is 5.44. The van der Waals surface area contributed by atoms with E-state index in [1.807, 2.05) is 13.8 Å². The third-order valence-corrected chi connectivity index (χ3v) is 1.60. The zero-order valence-electron chi connectivity index (χ0n) is 10.2. The van der Waals surface area contributed by atoms with Gasteiger partial charge in [0, 0.05) is 7.05 Å². The standard InChI is InChI=1S/C7H16.C2H5NO.C2H6/c1-4-6-7(3)5-2;1-3-2-4;1-2/h7H,4-6H2,1-3H3;2H,1H3,(H,3,4);1-2H3. The summed E-state index contributed by atoms with van der Waals surface area (Å²) in [6.45, 7) is 10.8. The fourth-order valence-electron chi connectivity index (χ4n) is 0.697. The Morgan fingerprint density at radius 1 is 1.31 bits per heavy atom. The van der Waals surface area contributed by atoms with E-state index in [0.29, 0.717) is 6.41 Å². The monoisotopic (exact) mass is 189 g/mol. The minimum atomic E-state index is 0.625. The summed E-state index contributed by atoms with van der Waals surface area (Å²) in [7, 11) is 1.56. The molecule has 1 unspecified atom stereocenters. The molecule has 0 heterocycles. The summed E-state index contributed by atoms with van der Waals surface area (Å²) in [4.78, 5) is 9.06. The Kier molecular flexibility index (Phi) is 31.7. The fraction of sp³-hybridized carbons (Fsp3) is 0.909. The average molecular weight is 189 g/mol. The lowest BCUT2D eigenvalue weighted by molar-refractivity contribution is -0.109. The zero-order valence-corrected chi connectivity index (χ0v) is 10.2. The molecular formula is C11H27NO. The van der Waals surface area contributed by atoms with Crippen molar-refractivity contribution in [3.05, 3.63) is 0 Å². The van der Waals surface area contributed by atoms with Crippen molar-refractivity contribution in [1.82, 2.24) is 5.32 Å². The summed E-state index contributed by atoms with van der Waals surface area (Å²) in [5.41, 5.74) is 0. The van der Waals surface area contributed by atoms with Crippen LogP contribution in [0.1, 0.15) is 53.9 Å². The molecule has 0 aromatic carbocycles. The summed E-state index contributed by atoms with van der Waals surface area (Å²) in [6, 6.07) is 0. The lowest BCUT2D eigenvalue weighted by Crippen LogP contribution is -1.98. The van der Waals surface area contributed by atoms with Crippen molar-refractivity contribution >= 4 is 6.41 Å². The van der Waals surface area contributed by atoms with Crippen LogP contribution < -0.4 is 5.32 Å². The number of hydrogen-bond acceptors (Lipinski definition) is 1. The van der Waals surface area contributed by atoms with E-state index in [4.69, 9.17) is 4.79 Å².